The molecule has 0 aromatic heterocycles. The van der Waals surface area contributed by atoms with E-state index in [1.807, 2.05) is 13.8 Å². The van der Waals surface area contributed by atoms with Gasteiger partial charge in [0.1, 0.15) is 0 Å². The summed E-state index contributed by atoms with van der Waals surface area (Å²) in [4.78, 5) is 22.0. The van der Waals surface area contributed by atoms with Crippen LogP contribution in [0.5, 0.6) is 0 Å². The minimum Gasteiger partial charge on any atom is -0.481 e. The number of carboxylic acid groups (broad SMARTS) is 1. The summed E-state index contributed by atoms with van der Waals surface area (Å²) < 4.78 is 0. The maximum Gasteiger partial charge on any atom is 0.306 e. The lowest BCUT2D eigenvalue weighted by molar-refractivity contribution is -0.145. The van der Waals surface area contributed by atoms with Crippen LogP contribution >= 0.6 is 0 Å². The molecule has 86 valence electrons. The van der Waals surface area contributed by atoms with Gasteiger partial charge in [0.2, 0.25) is 5.91 Å². The molecule has 0 aromatic rings. The number of carboxylic acids is 1. The van der Waals surface area contributed by atoms with Crippen molar-refractivity contribution in [2.45, 2.75) is 27.7 Å². The molecule has 15 heavy (non-hydrogen) atoms. The van der Waals surface area contributed by atoms with Crippen LogP contribution < -0.4 is 5.32 Å². The first kappa shape index (κ1) is 13.7. The lowest BCUT2D eigenvalue weighted by Crippen LogP contribution is -2.40. The van der Waals surface area contributed by atoms with Crippen LogP contribution in [-0.2, 0) is 9.59 Å². The largest absolute Gasteiger partial charge is 0.481 e. The number of amides is 1. The average Bonchev–Trinajstić information content (AvgIpc) is 2.12. The van der Waals surface area contributed by atoms with Crippen LogP contribution in [0.25, 0.3) is 0 Å². The van der Waals surface area contributed by atoms with Crippen molar-refractivity contribution in [1.82, 2.24) is 5.32 Å². The summed E-state index contributed by atoms with van der Waals surface area (Å²) in [7, 11) is 0. The number of hydrogen-bond donors (Lipinski definition) is 2. The highest BCUT2D eigenvalue weighted by Gasteiger charge is 2.31. The van der Waals surface area contributed by atoms with Crippen molar-refractivity contribution < 1.29 is 14.7 Å². The van der Waals surface area contributed by atoms with E-state index in [0.29, 0.717) is 12.1 Å². The van der Waals surface area contributed by atoms with Gasteiger partial charge < -0.3 is 10.4 Å². The van der Waals surface area contributed by atoms with E-state index >= 15 is 0 Å². The van der Waals surface area contributed by atoms with E-state index in [1.165, 1.54) is 0 Å². The van der Waals surface area contributed by atoms with Crippen LogP contribution in [0.2, 0.25) is 0 Å². The van der Waals surface area contributed by atoms with Crippen molar-refractivity contribution in [3.05, 3.63) is 12.2 Å². The molecule has 0 heterocycles. The van der Waals surface area contributed by atoms with Crippen LogP contribution in [0, 0.1) is 11.3 Å². The Bertz CT molecular complexity index is 282. The Morgan fingerprint density at radius 3 is 2.27 bits per heavy atom. The molecule has 1 unspecified atom stereocenters. The van der Waals surface area contributed by atoms with E-state index in [1.54, 1.807) is 13.8 Å². The molecule has 0 saturated heterocycles. The Hall–Kier alpha value is -1.32. The molecule has 2 N–H and O–H groups in total. The predicted molar refractivity (Wildman–Crippen MR) is 58.4 cm³/mol. The molecular formula is C11H19NO3. The highest BCUT2D eigenvalue weighted by atomic mass is 16.4. The maximum atomic E-state index is 11.2. The topological polar surface area (TPSA) is 66.4 Å². The standard InChI is InChI=1S/C11H19NO3/c1-7(2)9(13)12-6-11(4,5)8(3)10(14)15/h8H,1,6H2,2-5H3,(H,12,13)(H,14,15). The number of nitrogens with one attached hydrogen (secondary N) is 1. The fourth-order valence-corrected chi connectivity index (χ4v) is 0.946. The zero-order valence-corrected chi connectivity index (χ0v) is 9.76. The number of hydrogen-bond acceptors (Lipinski definition) is 2. The third kappa shape index (κ3) is 4.14. The quantitative estimate of drug-likeness (QED) is 0.679. The molecule has 0 aliphatic heterocycles. The molecule has 0 saturated carbocycles. The van der Waals surface area contributed by atoms with Crippen LogP contribution in [0.15, 0.2) is 12.2 Å². The second-order valence-electron chi connectivity index (χ2n) is 4.51. The Morgan fingerprint density at radius 2 is 1.93 bits per heavy atom. The Balaban J connectivity index is 4.33. The zero-order chi connectivity index (χ0) is 12.2. The molecule has 4 nitrogen and oxygen atoms in total. The number of rotatable bonds is 5. The van der Waals surface area contributed by atoms with Gasteiger partial charge in [-0.1, -0.05) is 27.4 Å². The average molecular weight is 213 g/mol. The summed E-state index contributed by atoms with van der Waals surface area (Å²) >= 11 is 0. The number of carbonyl (C=O) groups is 2. The first-order valence-corrected chi connectivity index (χ1v) is 4.85. The lowest BCUT2D eigenvalue weighted by Gasteiger charge is -2.29. The van der Waals surface area contributed by atoms with E-state index in [-0.39, 0.29) is 5.91 Å². The van der Waals surface area contributed by atoms with Crippen molar-refractivity contribution in [3.8, 4) is 0 Å². The second kappa shape index (κ2) is 4.96. The van der Waals surface area contributed by atoms with Crippen LogP contribution in [0.1, 0.15) is 27.7 Å². The first-order chi connectivity index (χ1) is 6.68. The third-order valence-corrected chi connectivity index (χ3v) is 2.63. The van der Waals surface area contributed by atoms with Crippen LogP contribution in [-0.4, -0.2) is 23.5 Å². The summed E-state index contributed by atoms with van der Waals surface area (Å²) in [6.07, 6.45) is 0. The first-order valence-electron chi connectivity index (χ1n) is 4.85. The maximum absolute atomic E-state index is 11.2. The molecule has 0 aliphatic rings. The summed E-state index contributed by atoms with van der Waals surface area (Å²) in [6.45, 7) is 10.7. The fourth-order valence-electron chi connectivity index (χ4n) is 0.946. The Morgan fingerprint density at radius 1 is 1.47 bits per heavy atom. The normalized spacial score (nSPS) is 13.1. The van der Waals surface area contributed by atoms with Gasteiger partial charge in [-0.15, -0.1) is 0 Å². The molecule has 0 bridgehead atoms. The smallest absolute Gasteiger partial charge is 0.306 e. The van der Waals surface area contributed by atoms with Gasteiger partial charge in [0.25, 0.3) is 0 Å². The van der Waals surface area contributed by atoms with E-state index in [4.69, 9.17) is 5.11 Å². The molecule has 0 rings (SSSR count). The molecule has 0 aliphatic carbocycles. The molecular weight excluding hydrogens is 194 g/mol. The Kier molecular flexibility index (Phi) is 4.52. The zero-order valence-electron chi connectivity index (χ0n) is 9.76. The van der Waals surface area contributed by atoms with E-state index in [2.05, 4.69) is 11.9 Å². The second-order valence-corrected chi connectivity index (χ2v) is 4.51. The molecule has 0 radical (unpaired) electrons. The van der Waals surface area contributed by atoms with Gasteiger partial charge in [0, 0.05) is 12.1 Å². The number of aliphatic carboxylic acids is 1. The van der Waals surface area contributed by atoms with E-state index < -0.39 is 17.3 Å². The van der Waals surface area contributed by atoms with Crippen molar-refractivity contribution in [3.63, 3.8) is 0 Å². The minimum atomic E-state index is -0.857. The van der Waals surface area contributed by atoms with Gasteiger partial charge >= 0.3 is 5.97 Å². The molecule has 0 spiro atoms. The van der Waals surface area contributed by atoms with Gasteiger partial charge in [-0.25, -0.2) is 0 Å². The van der Waals surface area contributed by atoms with Gasteiger partial charge in [0.15, 0.2) is 0 Å². The fraction of sp³-hybridized carbons (Fsp3) is 0.636. The van der Waals surface area contributed by atoms with E-state index in [0.717, 1.165) is 0 Å². The summed E-state index contributed by atoms with van der Waals surface area (Å²) in [5, 5.41) is 11.5. The summed E-state index contributed by atoms with van der Waals surface area (Å²) in [6, 6.07) is 0. The van der Waals surface area contributed by atoms with Gasteiger partial charge in [-0.2, -0.15) is 0 Å². The highest BCUT2D eigenvalue weighted by Crippen LogP contribution is 2.25. The highest BCUT2D eigenvalue weighted by molar-refractivity contribution is 5.92. The van der Waals surface area contributed by atoms with Crippen molar-refractivity contribution in [2.24, 2.45) is 11.3 Å². The van der Waals surface area contributed by atoms with Crippen molar-refractivity contribution in [1.29, 1.82) is 0 Å². The molecule has 1 amide bonds. The summed E-state index contributed by atoms with van der Waals surface area (Å²) in [5.41, 5.74) is -0.0505. The van der Waals surface area contributed by atoms with Crippen LogP contribution in [0.4, 0.5) is 0 Å². The number of carbonyl (C=O) groups excluding carboxylic acids is 1. The SMILES string of the molecule is C=C(C)C(=O)NCC(C)(C)C(C)C(=O)O. The molecule has 4 heteroatoms. The van der Waals surface area contributed by atoms with Gasteiger partial charge in [0.05, 0.1) is 5.92 Å². The third-order valence-electron chi connectivity index (χ3n) is 2.63. The lowest BCUT2D eigenvalue weighted by atomic mass is 9.80. The van der Waals surface area contributed by atoms with Gasteiger partial charge in [-0.3, -0.25) is 9.59 Å². The monoisotopic (exact) mass is 213 g/mol. The van der Waals surface area contributed by atoms with Crippen molar-refractivity contribution >= 4 is 11.9 Å². The van der Waals surface area contributed by atoms with Crippen LogP contribution in [0.3, 0.4) is 0 Å². The predicted octanol–water partition coefficient (Wildman–Crippen LogP) is 1.43. The Labute approximate surface area is 90.4 Å². The summed E-state index contributed by atoms with van der Waals surface area (Å²) in [5.74, 6) is -1.60. The molecule has 0 aromatic carbocycles. The van der Waals surface area contributed by atoms with Crippen molar-refractivity contribution in [2.75, 3.05) is 6.54 Å². The van der Waals surface area contributed by atoms with Gasteiger partial charge in [-0.05, 0) is 12.3 Å². The molecule has 0 fully saturated rings. The van der Waals surface area contributed by atoms with E-state index in [9.17, 15) is 9.59 Å². The molecule has 1 atom stereocenters. The minimum absolute atomic E-state index is 0.235.